The molecular formula is C31H43N5O8. The van der Waals surface area contributed by atoms with Crippen LogP contribution >= 0.6 is 0 Å². The number of amides is 5. The molecule has 44 heavy (non-hydrogen) atoms. The van der Waals surface area contributed by atoms with Crippen LogP contribution < -0.4 is 20.7 Å². The van der Waals surface area contributed by atoms with Crippen molar-refractivity contribution in [1.29, 1.82) is 0 Å². The molecule has 4 heterocycles. The van der Waals surface area contributed by atoms with Crippen LogP contribution in [0.2, 0.25) is 0 Å². The standard InChI is InChI=1S/C31H43N5O8/c1-20-29(41)36-11-3-7-24(36)28(40)34-23(17-37)27(39)32-19-31(9-12-35(13-10-31)30(42)25-8-4-14-43-25)16-21-5-2-6-22(15-21)44-18-26(38)33-20/h2,5-6,15,20,23-25,37H,3-4,7-14,16-19H2,1H3,(H,32,39)(H,33,38)(H,34,40)/t20-,23-,24-,25-/m0/s1. The molecule has 3 fully saturated rings. The summed E-state index contributed by atoms with van der Waals surface area (Å²) in [4.78, 5) is 68.6. The number of aliphatic hydroxyl groups excluding tert-OH is 1. The van der Waals surface area contributed by atoms with E-state index in [-0.39, 0.29) is 19.1 Å². The Morgan fingerprint density at radius 3 is 2.57 bits per heavy atom. The number of nitrogens with zero attached hydrogens (tertiary/aromatic N) is 2. The number of piperidine rings is 1. The number of carbonyl (C=O) groups is 5. The van der Waals surface area contributed by atoms with Crippen molar-refractivity contribution in [3.63, 3.8) is 0 Å². The molecule has 0 radical (unpaired) electrons. The fraction of sp³-hybridized carbons (Fsp3) is 0.645. The van der Waals surface area contributed by atoms with Gasteiger partial charge in [0.25, 0.3) is 11.8 Å². The zero-order valence-corrected chi connectivity index (χ0v) is 25.2. The topological polar surface area (TPSA) is 167 Å². The average molecular weight is 614 g/mol. The third-order valence-electron chi connectivity index (χ3n) is 9.23. The number of hydrogen-bond acceptors (Lipinski definition) is 8. The van der Waals surface area contributed by atoms with Crippen LogP contribution in [-0.2, 0) is 35.1 Å². The van der Waals surface area contributed by atoms with Gasteiger partial charge in [-0.25, -0.2) is 0 Å². The van der Waals surface area contributed by atoms with Gasteiger partial charge in [0.1, 0.15) is 30.0 Å². The molecule has 0 saturated carbocycles. The number of likely N-dealkylation sites (tertiary alicyclic amines) is 1. The highest BCUT2D eigenvalue weighted by molar-refractivity contribution is 5.94. The number of benzene rings is 1. The Morgan fingerprint density at radius 1 is 1.05 bits per heavy atom. The molecular weight excluding hydrogens is 570 g/mol. The molecule has 13 nitrogen and oxygen atoms in total. The predicted octanol–water partition coefficient (Wildman–Crippen LogP) is -0.502. The highest BCUT2D eigenvalue weighted by Crippen LogP contribution is 2.36. The summed E-state index contributed by atoms with van der Waals surface area (Å²) in [6.45, 7) is 2.87. The molecule has 240 valence electrons. The van der Waals surface area contributed by atoms with Gasteiger partial charge in [0, 0.05) is 32.8 Å². The second-order valence-electron chi connectivity index (χ2n) is 12.4. The van der Waals surface area contributed by atoms with E-state index in [9.17, 15) is 29.1 Å². The highest BCUT2D eigenvalue weighted by Gasteiger charge is 2.40. The number of carbonyl (C=O) groups excluding carboxylic acids is 5. The van der Waals surface area contributed by atoms with Crippen LogP contribution in [0.3, 0.4) is 0 Å². The number of rotatable bonds is 2. The van der Waals surface area contributed by atoms with Crippen molar-refractivity contribution in [3.8, 4) is 5.75 Å². The summed E-state index contributed by atoms with van der Waals surface area (Å²) in [6.07, 6.45) is 4.00. The Balaban J connectivity index is 1.37. The van der Waals surface area contributed by atoms with Crippen LogP contribution in [0.4, 0.5) is 0 Å². The maximum absolute atomic E-state index is 13.3. The van der Waals surface area contributed by atoms with Gasteiger partial charge < -0.3 is 40.3 Å². The van der Waals surface area contributed by atoms with Gasteiger partial charge in [-0.15, -0.1) is 0 Å². The lowest BCUT2D eigenvalue weighted by Gasteiger charge is -2.43. The van der Waals surface area contributed by atoms with E-state index in [0.717, 1.165) is 18.4 Å². The van der Waals surface area contributed by atoms with Gasteiger partial charge in [-0.2, -0.15) is 0 Å². The van der Waals surface area contributed by atoms with Gasteiger partial charge in [0.05, 0.1) is 6.61 Å². The predicted molar refractivity (Wildman–Crippen MR) is 157 cm³/mol. The molecule has 1 aromatic rings. The summed E-state index contributed by atoms with van der Waals surface area (Å²) in [5.74, 6) is -1.44. The van der Waals surface area contributed by atoms with Crippen LogP contribution in [0, 0.1) is 5.41 Å². The lowest BCUT2D eigenvalue weighted by molar-refractivity contribution is -0.143. The SMILES string of the molecule is C[C@@H]1NC(=O)COc2cccc(c2)CC2(CCN(C(=O)[C@@H]3CCCO3)CC2)CNC(=O)[C@H](CO)NC(=O)[C@@H]2CCCN2C1=O. The number of nitrogens with one attached hydrogen (secondary N) is 3. The van der Waals surface area contributed by atoms with Gasteiger partial charge >= 0.3 is 0 Å². The van der Waals surface area contributed by atoms with Crippen molar-refractivity contribution >= 4 is 29.5 Å². The van der Waals surface area contributed by atoms with E-state index >= 15 is 0 Å². The van der Waals surface area contributed by atoms with Crippen molar-refractivity contribution in [3.05, 3.63) is 29.8 Å². The summed E-state index contributed by atoms with van der Waals surface area (Å²) >= 11 is 0. The summed E-state index contributed by atoms with van der Waals surface area (Å²) in [5, 5.41) is 18.3. The minimum atomic E-state index is -1.20. The average Bonchev–Trinajstić information content (AvgIpc) is 3.74. The van der Waals surface area contributed by atoms with E-state index < -0.39 is 59.9 Å². The second-order valence-corrected chi connectivity index (χ2v) is 12.4. The minimum absolute atomic E-state index is 0.00276. The minimum Gasteiger partial charge on any atom is -0.484 e. The molecule has 5 amide bonds. The van der Waals surface area contributed by atoms with Crippen molar-refractivity contribution in [2.45, 2.75) is 76.1 Å². The fourth-order valence-corrected chi connectivity index (χ4v) is 6.68. The Labute approximate surface area is 257 Å². The monoisotopic (exact) mass is 613 g/mol. The first-order valence-corrected chi connectivity index (χ1v) is 15.6. The first-order chi connectivity index (χ1) is 21.2. The Bertz CT molecular complexity index is 1240. The van der Waals surface area contributed by atoms with E-state index in [4.69, 9.17) is 9.47 Å². The number of fused-ring (bicyclic) bond motifs is 3. The van der Waals surface area contributed by atoms with Crippen LogP contribution in [-0.4, -0.2) is 115 Å². The summed E-state index contributed by atoms with van der Waals surface area (Å²) in [6, 6.07) is 4.49. The van der Waals surface area contributed by atoms with E-state index in [1.165, 1.54) is 4.90 Å². The van der Waals surface area contributed by atoms with Crippen LogP contribution in [0.25, 0.3) is 0 Å². The Hall–Kier alpha value is -3.71. The third-order valence-corrected chi connectivity index (χ3v) is 9.23. The van der Waals surface area contributed by atoms with E-state index in [1.54, 1.807) is 13.0 Å². The summed E-state index contributed by atoms with van der Waals surface area (Å²) < 4.78 is 11.4. The quantitative estimate of drug-likeness (QED) is 0.347. The molecule has 4 aliphatic rings. The first kappa shape index (κ1) is 31.7. The van der Waals surface area contributed by atoms with Gasteiger partial charge in [-0.3, -0.25) is 24.0 Å². The van der Waals surface area contributed by atoms with Gasteiger partial charge in [0.2, 0.25) is 17.7 Å². The van der Waals surface area contributed by atoms with Crippen molar-refractivity contribution in [1.82, 2.24) is 25.8 Å². The Kier molecular flexibility index (Phi) is 10.0. The van der Waals surface area contributed by atoms with Gasteiger partial charge in [-0.05, 0) is 75.0 Å². The molecule has 13 heteroatoms. The molecule has 4 N–H and O–H groups in total. The van der Waals surface area contributed by atoms with Crippen molar-refractivity contribution in [2.75, 3.05) is 46.0 Å². The zero-order chi connectivity index (χ0) is 31.3. The number of ether oxygens (including phenoxy) is 2. The van der Waals surface area contributed by atoms with E-state index in [1.807, 2.05) is 23.1 Å². The van der Waals surface area contributed by atoms with E-state index in [0.29, 0.717) is 64.1 Å². The lowest BCUT2D eigenvalue weighted by Crippen LogP contribution is -2.57. The molecule has 2 bridgehead atoms. The van der Waals surface area contributed by atoms with Gasteiger partial charge in [-0.1, -0.05) is 12.1 Å². The van der Waals surface area contributed by atoms with E-state index in [2.05, 4.69) is 16.0 Å². The summed E-state index contributed by atoms with van der Waals surface area (Å²) in [7, 11) is 0. The molecule has 5 rings (SSSR count). The molecule has 1 aromatic carbocycles. The maximum atomic E-state index is 13.3. The van der Waals surface area contributed by atoms with Crippen LogP contribution in [0.15, 0.2) is 24.3 Å². The molecule has 1 spiro atoms. The van der Waals surface area contributed by atoms with Crippen molar-refractivity contribution < 1.29 is 38.6 Å². The Morgan fingerprint density at radius 2 is 1.84 bits per heavy atom. The van der Waals surface area contributed by atoms with Crippen molar-refractivity contribution in [2.24, 2.45) is 5.41 Å². The fourth-order valence-electron chi connectivity index (χ4n) is 6.68. The molecule has 0 aromatic heterocycles. The van der Waals surface area contributed by atoms with Gasteiger partial charge in [0.15, 0.2) is 6.61 Å². The third kappa shape index (κ3) is 7.32. The summed E-state index contributed by atoms with van der Waals surface area (Å²) in [5.41, 5.74) is 0.515. The molecule has 4 aliphatic heterocycles. The number of hydrogen-bond donors (Lipinski definition) is 4. The largest absolute Gasteiger partial charge is 0.484 e. The van der Waals surface area contributed by atoms with Crippen LogP contribution in [0.1, 0.15) is 51.0 Å². The van der Waals surface area contributed by atoms with Crippen LogP contribution in [0.5, 0.6) is 5.75 Å². The number of aliphatic hydroxyl groups is 1. The lowest BCUT2D eigenvalue weighted by atomic mass is 9.73. The molecule has 0 unspecified atom stereocenters. The molecule has 4 atom stereocenters. The highest BCUT2D eigenvalue weighted by atomic mass is 16.5. The molecule has 0 aliphatic carbocycles. The zero-order valence-electron chi connectivity index (χ0n) is 25.2. The maximum Gasteiger partial charge on any atom is 0.258 e. The second kappa shape index (κ2) is 13.9. The smallest absolute Gasteiger partial charge is 0.258 e. The first-order valence-electron chi connectivity index (χ1n) is 15.6. The molecule has 3 saturated heterocycles. The normalized spacial score (nSPS) is 28.6.